The number of carbonyl (C=O) groups is 2. The number of hydrogen-bond donors (Lipinski definition) is 0. The molecule has 0 aliphatic rings. The van der Waals surface area contributed by atoms with Gasteiger partial charge >= 0.3 is 5.97 Å². The van der Waals surface area contributed by atoms with Gasteiger partial charge in [-0.05, 0) is 60.0 Å². The van der Waals surface area contributed by atoms with Gasteiger partial charge in [-0.25, -0.2) is 4.79 Å². The van der Waals surface area contributed by atoms with Gasteiger partial charge in [-0.1, -0.05) is 29.8 Å². The average Bonchev–Trinajstić information content (AvgIpc) is 3.38. The Kier molecular flexibility index (Phi) is 6.21. The lowest BCUT2D eigenvalue weighted by molar-refractivity contribution is 0.0600. The fourth-order valence-corrected chi connectivity index (χ4v) is 5.07. The quantitative estimate of drug-likeness (QED) is 0.302. The molecule has 37 heavy (non-hydrogen) atoms. The van der Waals surface area contributed by atoms with E-state index >= 15 is 0 Å². The van der Waals surface area contributed by atoms with Gasteiger partial charge in [0, 0.05) is 31.9 Å². The zero-order valence-electron chi connectivity index (χ0n) is 21.2. The molecule has 0 bridgehead atoms. The van der Waals surface area contributed by atoms with Crippen molar-refractivity contribution in [3.05, 3.63) is 82.1 Å². The van der Waals surface area contributed by atoms with Crippen LogP contribution in [0.5, 0.6) is 0 Å². The molecule has 1 amide bonds. The summed E-state index contributed by atoms with van der Waals surface area (Å²) in [6.45, 7) is 2.25. The van der Waals surface area contributed by atoms with E-state index in [0.717, 1.165) is 38.7 Å². The molecule has 0 radical (unpaired) electrons. The maximum absolute atomic E-state index is 13.6. The lowest BCUT2D eigenvalue weighted by Gasteiger charge is -2.16. The zero-order valence-corrected chi connectivity index (χ0v) is 22.0. The maximum atomic E-state index is 13.6. The van der Waals surface area contributed by atoms with Crippen molar-refractivity contribution in [2.45, 2.75) is 13.5 Å². The number of carbonyl (C=O) groups excluding carboxylic acids is 2. The largest absolute Gasteiger partial charge is 0.465 e. The summed E-state index contributed by atoms with van der Waals surface area (Å²) in [4.78, 5) is 27.1. The summed E-state index contributed by atoms with van der Waals surface area (Å²) < 4.78 is 8.21. The van der Waals surface area contributed by atoms with E-state index in [1.54, 1.807) is 40.5 Å². The summed E-state index contributed by atoms with van der Waals surface area (Å²) in [7, 11) is 6.74. The summed E-state index contributed by atoms with van der Waals surface area (Å²) in [5, 5.41) is 11.4. The number of aromatic nitrogens is 4. The highest BCUT2D eigenvalue weighted by atomic mass is 35.5. The summed E-state index contributed by atoms with van der Waals surface area (Å²) in [5.41, 5.74) is 6.21. The molecule has 5 rings (SSSR count). The smallest absolute Gasteiger partial charge is 0.337 e. The number of ether oxygens (including phenoxy) is 1. The molecule has 0 unspecified atom stereocenters. The minimum atomic E-state index is -0.372. The fraction of sp³-hybridized carbons (Fsp3) is 0.214. The van der Waals surface area contributed by atoms with Gasteiger partial charge in [0.2, 0.25) is 0 Å². The summed E-state index contributed by atoms with van der Waals surface area (Å²) in [5.74, 6) is -0.537. The van der Waals surface area contributed by atoms with Gasteiger partial charge in [-0.15, -0.1) is 0 Å². The van der Waals surface area contributed by atoms with Gasteiger partial charge in [-0.2, -0.15) is 10.2 Å². The fourth-order valence-electron chi connectivity index (χ4n) is 4.80. The number of rotatable bonds is 5. The van der Waals surface area contributed by atoms with Crippen LogP contribution in [0, 0.1) is 6.92 Å². The monoisotopic (exact) mass is 515 g/mol. The molecular formula is C28H26ClN5O3. The van der Waals surface area contributed by atoms with E-state index < -0.39 is 0 Å². The second-order valence-corrected chi connectivity index (χ2v) is 9.50. The minimum absolute atomic E-state index is 0.165. The van der Waals surface area contributed by atoms with Crippen LogP contribution in [0.2, 0.25) is 5.02 Å². The molecule has 0 spiro atoms. The predicted octanol–water partition coefficient (Wildman–Crippen LogP) is 5.15. The molecule has 0 fully saturated rings. The SMILES string of the molecule is COC(=O)c1ccc(-c2ccc3c(C(=O)N(C)Cc4nn(C)c5cccc(Cl)c45)n(C)nc3c2)c(C)c1. The Bertz CT molecular complexity index is 1700. The molecule has 5 aromatic rings. The first-order valence-corrected chi connectivity index (χ1v) is 12.1. The Morgan fingerprint density at radius 1 is 1.03 bits per heavy atom. The molecule has 2 aromatic heterocycles. The maximum Gasteiger partial charge on any atom is 0.337 e. The van der Waals surface area contributed by atoms with Crippen LogP contribution in [0.25, 0.3) is 32.9 Å². The van der Waals surface area contributed by atoms with Crippen LogP contribution in [-0.4, -0.2) is 50.5 Å². The van der Waals surface area contributed by atoms with Crippen LogP contribution < -0.4 is 0 Å². The third kappa shape index (κ3) is 4.23. The molecule has 0 N–H and O–H groups in total. The van der Waals surface area contributed by atoms with Gasteiger partial charge in [0.1, 0.15) is 5.69 Å². The Morgan fingerprint density at radius 2 is 1.81 bits per heavy atom. The van der Waals surface area contributed by atoms with Crippen molar-refractivity contribution in [1.82, 2.24) is 24.5 Å². The third-order valence-corrected chi connectivity index (χ3v) is 6.94. The van der Waals surface area contributed by atoms with Gasteiger partial charge in [-0.3, -0.25) is 14.2 Å². The van der Waals surface area contributed by atoms with Crippen molar-refractivity contribution >= 4 is 45.3 Å². The van der Waals surface area contributed by atoms with Crippen molar-refractivity contribution in [3.63, 3.8) is 0 Å². The summed E-state index contributed by atoms with van der Waals surface area (Å²) >= 11 is 6.46. The van der Waals surface area contributed by atoms with Crippen LogP contribution in [-0.2, 0) is 25.4 Å². The molecule has 3 aromatic carbocycles. The number of esters is 1. The molecule has 188 valence electrons. The molecule has 0 atom stereocenters. The Morgan fingerprint density at radius 3 is 2.54 bits per heavy atom. The van der Waals surface area contributed by atoms with Crippen molar-refractivity contribution in [1.29, 1.82) is 0 Å². The van der Waals surface area contributed by atoms with E-state index in [1.807, 2.05) is 56.4 Å². The lowest BCUT2D eigenvalue weighted by Crippen LogP contribution is -2.28. The van der Waals surface area contributed by atoms with Crippen molar-refractivity contribution in [3.8, 4) is 11.1 Å². The van der Waals surface area contributed by atoms with Gasteiger partial charge in [0.15, 0.2) is 0 Å². The van der Waals surface area contributed by atoms with Crippen molar-refractivity contribution < 1.29 is 14.3 Å². The number of hydrogen-bond acceptors (Lipinski definition) is 5. The van der Waals surface area contributed by atoms with Gasteiger partial charge in [0.05, 0.1) is 41.0 Å². The molecule has 0 saturated heterocycles. The van der Waals surface area contributed by atoms with Gasteiger partial charge < -0.3 is 9.64 Å². The standard InChI is InChI=1S/C28H26ClN5O3/c1-16-13-18(28(36)37-5)10-11-19(16)17-9-12-20-22(14-17)30-34(4)26(20)27(35)32(2)15-23-25-21(29)7-6-8-24(25)33(3)31-23/h6-14H,15H2,1-5H3. The highest BCUT2D eigenvalue weighted by Crippen LogP contribution is 2.30. The first kappa shape index (κ1) is 24.5. The molecule has 0 saturated carbocycles. The molecule has 0 aliphatic heterocycles. The third-order valence-electron chi connectivity index (χ3n) is 6.63. The predicted molar refractivity (Wildman–Crippen MR) is 144 cm³/mol. The van der Waals surface area contributed by atoms with E-state index in [4.69, 9.17) is 16.3 Å². The summed E-state index contributed by atoms with van der Waals surface area (Å²) in [6.07, 6.45) is 0. The van der Waals surface area contributed by atoms with E-state index in [0.29, 0.717) is 28.3 Å². The Labute approximate surface area is 219 Å². The van der Waals surface area contributed by atoms with E-state index in [-0.39, 0.29) is 11.9 Å². The molecule has 9 heteroatoms. The second kappa shape index (κ2) is 9.37. The number of halogens is 1. The van der Waals surface area contributed by atoms with Crippen LogP contribution in [0.3, 0.4) is 0 Å². The van der Waals surface area contributed by atoms with Crippen molar-refractivity contribution in [2.75, 3.05) is 14.2 Å². The highest BCUT2D eigenvalue weighted by Gasteiger charge is 2.23. The molecule has 0 aliphatic carbocycles. The van der Waals surface area contributed by atoms with Crippen LogP contribution in [0.15, 0.2) is 54.6 Å². The summed E-state index contributed by atoms with van der Waals surface area (Å²) in [6, 6.07) is 17.0. The van der Waals surface area contributed by atoms with E-state index in [1.165, 1.54) is 7.11 Å². The number of nitrogens with zero attached hydrogens (tertiary/aromatic N) is 5. The van der Waals surface area contributed by atoms with Crippen LogP contribution in [0.1, 0.15) is 32.1 Å². The van der Waals surface area contributed by atoms with E-state index in [2.05, 4.69) is 10.2 Å². The number of fused-ring (bicyclic) bond motifs is 2. The average molecular weight is 516 g/mol. The van der Waals surface area contributed by atoms with E-state index in [9.17, 15) is 9.59 Å². The molecule has 8 nitrogen and oxygen atoms in total. The van der Waals surface area contributed by atoms with Crippen molar-refractivity contribution in [2.24, 2.45) is 14.1 Å². The topological polar surface area (TPSA) is 82.3 Å². The second-order valence-electron chi connectivity index (χ2n) is 9.09. The Balaban J connectivity index is 1.47. The number of aryl methyl sites for hydroxylation is 3. The number of amides is 1. The normalized spacial score (nSPS) is 11.3. The molecular weight excluding hydrogens is 490 g/mol. The Hall–Kier alpha value is -4.17. The van der Waals surface area contributed by atoms with Gasteiger partial charge in [0.25, 0.3) is 5.91 Å². The first-order valence-electron chi connectivity index (χ1n) is 11.7. The highest BCUT2D eigenvalue weighted by molar-refractivity contribution is 6.35. The van der Waals surface area contributed by atoms with Crippen LogP contribution in [0.4, 0.5) is 0 Å². The number of benzene rings is 3. The zero-order chi connectivity index (χ0) is 26.4. The number of methoxy groups -OCH3 is 1. The minimum Gasteiger partial charge on any atom is -0.465 e. The lowest BCUT2D eigenvalue weighted by atomic mass is 9.97. The van der Waals surface area contributed by atoms with Crippen LogP contribution >= 0.6 is 11.6 Å². The molecule has 2 heterocycles. The first-order chi connectivity index (χ1) is 17.7.